The number of aryl methyl sites for hydroxylation is 1. The predicted molar refractivity (Wildman–Crippen MR) is 85.9 cm³/mol. The third kappa shape index (κ3) is 3.85. The van der Waals surface area contributed by atoms with Gasteiger partial charge in [0.2, 0.25) is 0 Å². The molecule has 5 heteroatoms. The average molecular weight is 300 g/mol. The van der Waals surface area contributed by atoms with Crippen LogP contribution < -0.4 is 15.8 Å². The first-order valence-electron chi connectivity index (χ1n) is 6.37. The lowest BCUT2D eigenvalue weighted by atomic mass is 10.1. The van der Waals surface area contributed by atoms with Gasteiger partial charge < -0.3 is 15.8 Å². The van der Waals surface area contributed by atoms with Crippen LogP contribution in [0.25, 0.3) is 0 Å². The molecule has 0 aliphatic heterocycles. The summed E-state index contributed by atoms with van der Waals surface area (Å²) in [7, 11) is 1.58. The van der Waals surface area contributed by atoms with Crippen LogP contribution in [0.5, 0.6) is 5.75 Å². The summed E-state index contributed by atoms with van der Waals surface area (Å²) in [4.78, 5) is 12.8. The van der Waals surface area contributed by atoms with Crippen LogP contribution >= 0.6 is 11.3 Å². The first-order chi connectivity index (χ1) is 10.1. The van der Waals surface area contributed by atoms with E-state index >= 15 is 0 Å². The number of nitrogens with one attached hydrogen (secondary N) is 1. The van der Waals surface area contributed by atoms with Gasteiger partial charge in [0, 0.05) is 22.7 Å². The Morgan fingerprint density at radius 2 is 2.24 bits per heavy atom. The van der Waals surface area contributed by atoms with Crippen molar-refractivity contribution in [3.05, 3.63) is 45.6 Å². The molecule has 0 atom stereocenters. The summed E-state index contributed by atoms with van der Waals surface area (Å²) in [6.07, 6.45) is 0. The molecule has 21 heavy (non-hydrogen) atoms. The van der Waals surface area contributed by atoms with Crippen molar-refractivity contribution in [3.8, 4) is 17.6 Å². The van der Waals surface area contributed by atoms with Gasteiger partial charge in [-0.2, -0.15) is 0 Å². The lowest BCUT2D eigenvalue weighted by Gasteiger charge is -2.07. The minimum absolute atomic E-state index is 0.157. The average Bonchev–Trinajstić information content (AvgIpc) is 2.97. The molecule has 0 fully saturated rings. The zero-order valence-corrected chi connectivity index (χ0v) is 12.7. The van der Waals surface area contributed by atoms with E-state index in [1.807, 2.05) is 25.1 Å². The molecule has 1 heterocycles. The quantitative estimate of drug-likeness (QED) is 0.856. The van der Waals surface area contributed by atoms with Crippen molar-refractivity contribution >= 4 is 22.9 Å². The summed E-state index contributed by atoms with van der Waals surface area (Å²) in [5, 5.41) is 4.69. The summed E-state index contributed by atoms with van der Waals surface area (Å²) in [5.41, 5.74) is 7.91. The number of anilines is 1. The number of carbonyl (C=O) groups excluding carboxylic acids is 1. The Kier molecular flexibility index (Phi) is 4.99. The second-order valence-corrected chi connectivity index (χ2v) is 5.25. The van der Waals surface area contributed by atoms with E-state index in [1.165, 1.54) is 11.3 Å². The van der Waals surface area contributed by atoms with E-state index in [0.717, 1.165) is 16.8 Å². The van der Waals surface area contributed by atoms with Gasteiger partial charge in [0.25, 0.3) is 5.91 Å². The lowest BCUT2D eigenvalue weighted by molar-refractivity contribution is 0.103. The van der Waals surface area contributed by atoms with Gasteiger partial charge in [-0.05, 0) is 24.6 Å². The molecule has 0 saturated heterocycles. The minimum Gasteiger partial charge on any atom is -0.496 e. The van der Waals surface area contributed by atoms with Gasteiger partial charge in [-0.1, -0.05) is 17.9 Å². The third-order valence-corrected chi connectivity index (χ3v) is 3.76. The number of carbonyl (C=O) groups is 1. The number of methoxy groups -OCH3 is 1. The fourth-order valence-corrected chi connectivity index (χ4v) is 2.47. The number of nitrogens with two attached hydrogens (primary N) is 1. The first-order valence-corrected chi connectivity index (χ1v) is 7.25. The van der Waals surface area contributed by atoms with E-state index in [1.54, 1.807) is 18.6 Å². The van der Waals surface area contributed by atoms with Crippen LogP contribution in [0.3, 0.4) is 0 Å². The molecule has 2 rings (SSSR count). The highest BCUT2D eigenvalue weighted by atomic mass is 32.1. The van der Waals surface area contributed by atoms with Crippen molar-refractivity contribution < 1.29 is 9.53 Å². The second-order valence-electron chi connectivity index (χ2n) is 4.34. The third-order valence-electron chi connectivity index (χ3n) is 2.86. The SMILES string of the molecule is COc1csc(C(=O)Nc2cc(C#CCN)ccc2C)c1. The topological polar surface area (TPSA) is 64.3 Å². The van der Waals surface area contributed by atoms with Crippen molar-refractivity contribution in [2.75, 3.05) is 19.0 Å². The molecule has 3 N–H and O–H groups in total. The summed E-state index contributed by atoms with van der Waals surface area (Å²) < 4.78 is 5.08. The summed E-state index contributed by atoms with van der Waals surface area (Å²) in [6.45, 7) is 2.25. The van der Waals surface area contributed by atoms with Crippen LogP contribution in [0.2, 0.25) is 0 Å². The summed E-state index contributed by atoms with van der Waals surface area (Å²) in [6, 6.07) is 7.39. The van der Waals surface area contributed by atoms with Crippen molar-refractivity contribution in [1.29, 1.82) is 0 Å². The van der Waals surface area contributed by atoms with Gasteiger partial charge in [0.05, 0.1) is 18.5 Å². The highest BCUT2D eigenvalue weighted by Crippen LogP contribution is 2.23. The van der Waals surface area contributed by atoms with Crippen LogP contribution in [0, 0.1) is 18.8 Å². The van der Waals surface area contributed by atoms with Crippen molar-refractivity contribution in [1.82, 2.24) is 0 Å². The molecule has 2 aromatic rings. The Bertz CT molecular complexity index is 711. The van der Waals surface area contributed by atoms with Gasteiger partial charge >= 0.3 is 0 Å². The second kappa shape index (κ2) is 6.93. The molecule has 0 bridgehead atoms. The zero-order valence-electron chi connectivity index (χ0n) is 11.9. The van der Waals surface area contributed by atoms with E-state index in [4.69, 9.17) is 10.5 Å². The monoisotopic (exact) mass is 300 g/mol. The highest BCUT2D eigenvalue weighted by Gasteiger charge is 2.11. The molecule has 4 nitrogen and oxygen atoms in total. The lowest BCUT2D eigenvalue weighted by Crippen LogP contribution is -2.11. The number of thiophene rings is 1. The van der Waals surface area contributed by atoms with E-state index in [0.29, 0.717) is 17.2 Å². The van der Waals surface area contributed by atoms with Crippen LogP contribution in [-0.2, 0) is 0 Å². The van der Waals surface area contributed by atoms with Gasteiger partial charge in [-0.3, -0.25) is 4.79 Å². The van der Waals surface area contributed by atoms with Crippen LogP contribution in [-0.4, -0.2) is 19.6 Å². The maximum Gasteiger partial charge on any atom is 0.265 e. The first kappa shape index (κ1) is 15.1. The number of hydrogen-bond donors (Lipinski definition) is 2. The fraction of sp³-hybridized carbons (Fsp3) is 0.188. The van der Waals surface area contributed by atoms with Crippen LogP contribution in [0.15, 0.2) is 29.6 Å². The minimum atomic E-state index is -0.157. The summed E-state index contributed by atoms with van der Waals surface area (Å²) in [5.74, 6) is 6.28. The van der Waals surface area contributed by atoms with Gasteiger partial charge in [-0.15, -0.1) is 11.3 Å². The molecule has 1 amide bonds. The number of amides is 1. The standard InChI is InChI=1S/C16H16N2O2S/c1-11-5-6-12(4-3-7-17)8-14(11)18-16(19)15-9-13(20-2)10-21-15/h5-6,8-10H,7,17H2,1-2H3,(H,18,19). The Balaban J connectivity index is 2.20. The molecule has 0 saturated carbocycles. The van der Waals surface area contributed by atoms with Gasteiger partial charge in [-0.25, -0.2) is 0 Å². The molecule has 0 radical (unpaired) electrons. The van der Waals surface area contributed by atoms with Crippen LogP contribution in [0.1, 0.15) is 20.8 Å². The maximum atomic E-state index is 12.2. The van der Waals surface area contributed by atoms with Gasteiger partial charge in [0.1, 0.15) is 5.75 Å². The van der Waals surface area contributed by atoms with Crippen LogP contribution in [0.4, 0.5) is 5.69 Å². The van der Waals surface area contributed by atoms with Crippen molar-refractivity contribution in [2.24, 2.45) is 5.73 Å². The molecule has 0 spiro atoms. The number of ether oxygens (including phenoxy) is 1. The Morgan fingerprint density at radius 1 is 1.43 bits per heavy atom. The fourth-order valence-electron chi connectivity index (χ4n) is 1.72. The number of hydrogen-bond acceptors (Lipinski definition) is 4. The normalized spacial score (nSPS) is 9.67. The maximum absolute atomic E-state index is 12.2. The smallest absolute Gasteiger partial charge is 0.265 e. The van der Waals surface area contributed by atoms with Gasteiger partial charge in [0.15, 0.2) is 0 Å². The number of rotatable bonds is 3. The molecular weight excluding hydrogens is 284 g/mol. The number of benzene rings is 1. The zero-order chi connectivity index (χ0) is 15.2. The van der Waals surface area contributed by atoms with Crippen molar-refractivity contribution in [2.45, 2.75) is 6.92 Å². The molecule has 1 aromatic heterocycles. The Hall–Kier alpha value is -2.29. The van der Waals surface area contributed by atoms with E-state index in [-0.39, 0.29) is 5.91 Å². The molecular formula is C16H16N2O2S. The molecule has 0 aliphatic rings. The summed E-state index contributed by atoms with van der Waals surface area (Å²) >= 11 is 1.34. The molecule has 0 unspecified atom stereocenters. The Morgan fingerprint density at radius 3 is 2.90 bits per heavy atom. The largest absolute Gasteiger partial charge is 0.496 e. The molecule has 108 valence electrons. The highest BCUT2D eigenvalue weighted by molar-refractivity contribution is 7.12. The predicted octanol–water partition coefficient (Wildman–Crippen LogP) is 2.63. The van der Waals surface area contributed by atoms with Crippen molar-refractivity contribution in [3.63, 3.8) is 0 Å². The molecule has 1 aromatic carbocycles. The Labute approximate surface area is 127 Å². The van der Waals surface area contributed by atoms with E-state index in [2.05, 4.69) is 17.2 Å². The molecule has 0 aliphatic carbocycles. The van der Waals surface area contributed by atoms with E-state index in [9.17, 15) is 4.79 Å². The van der Waals surface area contributed by atoms with E-state index < -0.39 is 0 Å².